The topological polar surface area (TPSA) is 15.3 Å². The molecule has 15 heavy (non-hydrogen) atoms. The van der Waals surface area contributed by atoms with E-state index in [9.17, 15) is 0 Å². The van der Waals surface area contributed by atoms with Crippen LogP contribution in [0.2, 0.25) is 0 Å². The van der Waals surface area contributed by atoms with E-state index in [2.05, 4.69) is 38.2 Å². The van der Waals surface area contributed by atoms with Crippen LogP contribution < -0.4 is 5.32 Å². The second-order valence-electron chi connectivity index (χ2n) is 5.55. The van der Waals surface area contributed by atoms with Gasteiger partial charge in [-0.2, -0.15) is 0 Å². The Hall–Kier alpha value is -0.0800. The van der Waals surface area contributed by atoms with Gasteiger partial charge in [-0.3, -0.25) is 0 Å². The first kappa shape index (κ1) is 13.0. The van der Waals surface area contributed by atoms with Crippen molar-refractivity contribution in [2.24, 2.45) is 5.41 Å². The van der Waals surface area contributed by atoms with Gasteiger partial charge in [0.05, 0.1) is 0 Å². The van der Waals surface area contributed by atoms with Gasteiger partial charge < -0.3 is 10.2 Å². The van der Waals surface area contributed by atoms with Gasteiger partial charge in [0.2, 0.25) is 0 Å². The molecule has 2 nitrogen and oxygen atoms in total. The lowest BCUT2D eigenvalue weighted by molar-refractivity contribution is 0.144. The smallest absolute Gasteiger partial charge is 0.00924 e. The summed E-state index contributed by atoms with van der Waals surface area (Å²) in [6.07, 6.45) is 6.95. The number of nitrogens with one attached hydrogen (secondary N) is 1. The van der Waals surface area contributed by atoms with Gasteiger partial charge in [0.25, 0.3) is 0 Å². The fraction of sp³-hybridized carbons (Fsp3) is 1.00. The highest BCUT2D eigenvalue weighted by Gasteiger charge is 2.27. The molecule has 0 aromatic heterocycles. The number of nitrogens with zero attached hydrogens (tertiary/aromatic N) is 1. The van der Waals surface area contributed by atoms with Crippen LogP contribution in [0.5, 0.6) is 0 Å². The highest BCUT2D eigenvalue weighted by Crippen LogP contribution is 2.27. The lowest BCUT2D eigenvalue weighted by Crippen LogP contribution is -2.43. The molecule has 0 heterocycles. The van der Waals surface area contributed by atoms with Crippen LogP contribution in [0.3, 0.4) is 0 Å². The Morgan fingerprint density at radius 2 is 1.93 bits per heavy atom. The van der Waals surface area contributed by atoms with E-state index in [1.54, 1.807) is 0 Å². The number of rotatable bonds is 6. The molecule has 1 saturated carbocycles. The number of hydrogen-bond acceptors (Lipinski definition) is 2. The van der Waals surface area contributed by atoms with E-state index in [1.165, 1.54) is 38.6 Å². The molecule has 1 rings (SSSR count). The highest BCUT2D eigenvalue weighted by molar-refractivity contribution is 4.83. The predicted octanol–water partition coefficient (Wildman–Crippen LogP) is 2.50. The van der Waals surface area contributed by atoms with Crippen molar-refractivity contribution in [1.29, 1.82) is 0 Å². The van der Waals surface area contributed by atoms with Crippen molar-refractivity contribution in [2.75, 3.05) is 27.2 Å². The van der Waals surface area contributed by atoms with E-state index < -0.39 is 0 Å². The molecule has 0 aromatic carbocycles. The molecule has 1 atom stereocenters. The maximum Gasteiger partial charge on any atom is 0.00924 e. The maximum atomic E-state index is 3.33. The molecule has 1 N–H and O–H groups in total. The molecule has 0 spiro atoms. The summed E-state index contributed by atoms with van der Waals surface area (Å²) in [6, 6.07) is 0.854. The van der Waals surface area contributed by atoms with Crippen molar-refractivity contribution >= 4 is 0 Å². The largest absolute Gasteiger partial charge is 0.319 e. The molecule has 1 aliphatic rings. The minimum atomic E-state index is 0.437. The summed E-state index contributed by atoms with van der Waals surface area (Å²) in [5.74, 6) is 0. The first-order chi connectivity index (χ1) is 7.11. The fourth-order valence-electron chi connectivity index (χ4n) is 2.80. The summed E-state index contributed by atoms with van der Waals surface area (Å²) < 4.78 is 0. The van der Waals surface area contributed by atoms with Crippen molar-refractivity contribution in [3.05, 3.63) is 0 Å². The van der Waals surface area contributed by atoms with Crippen molar-refractivity contribution in [3.8, 4) is 0 Å². The molecule has 0 amide bonds. The lowest BCUT2D eigenvalue weighted by Gasteiger charge is -2.35. The van der Waals surface area contributed by atoms with Crippen molar-refractivity contribution in [3.63, 3.8) is 0 Å². The van der Waals surface area contributed by atoms with Gasteiger partial charge >= 0.3 is 0 Å². The molecule has 0 saturated heterocycles. The summed E-state index contributed by atoms with van der Waals surface area (Å²) in [6.45, 7) is 7.06. The monoisotopic (exact) mass is 212 g/mol. The average molecular weight is 212 g/mol. The second-order valence-corrected chi connectivity index (χ2v) is 5.55. The summed E-state index contributed by atoms with van der Waals surface area (Å²) in [7, 11) is 4.36. The van der Waals surface area contributed by atoms with Crippen LogP contribution in [-0.2, 0) is 0 Å². The van der Waals surface area contributed by atoms with Gasteiger partial charge in [-0.1, -0.05) is 26.7 Å². The zero-order valence-corrected chi connectivity index (χ0v) is 11.0. The van der Waals surface area contributed by atoms with Crippen molar-refractivity contribution in [2.45, 2.75) is 52.0 Å². The Balaban J connectivity index is 2.42. The first-order valence-electron chi connectivity index (χ1n) is 6.46. The Kier molecular flexibility index (Phi) is 5.07. The van der Waals surface area contributed by atoms with Crippen LogP contribution in [0.4, 0.5) is 0 Å². The van der Waals surface area contributed by atoms with Gasteiger partial charge in [0.15, 0.2) is 0 Å². The normalized spacial score (nSPS) is 22.2. The van der Waals surface area contributed by atoms with E-state index >= 15 is 0 Å². The Morgan fingerprint density at radius 3 is 2.40 bits per heavy atom. The zero-order valence-electron chi connectivity index (χ0n) is 11.0. The fourth-order valence-corrected chi connectivity index (χ4v) is 2.80. The molecule has 0 aliphatic heterocycles. The van der Waals surface area contributed by atoms with Crippen LogP contribution in [0.1, 0.15) is 46.0 Å². The predicted molar refractivity (Wildman–Crippen MR) is 67.2 cm³/mol. The van der Waals surface area contributed by atoms with E-state index in [0.717, 1.165) is 12.6 Å². The Bertz CT molecular complexity index is 175. The average Bonchev–Trinajstić information content (AvgIpc) is 2.71. The van der Waals surface area contributed by atoms with Crippen LogP contribution in [0.25, 0.3) is 0 Å². The van der Waals surface area contributed by atoms with Crippen LogP contribution in [0.15, 0.2) is 0 Å². The second kappa shape index (κ2) is 5.86. The zero-order chi connectivity index (χ0) is 11.3. The minimum absolute atomic E-state index is 0.437. The molecular formula is C13H28N2. The third-order valence-corrected chi connectivity index (χ3v) is 4.04. The third-order valence-electron chi connectivity index (χ3n) is 4.04. The molecule has 1 fully saturated rings. The van der Waals surface area contributed by atoms with Gasteiger partial charge in [-0.25, -0.2) is 0 Å². The van der Waals surface area contributed by atoms with Crippen LogP contribution in [-0.4, -0.2) is 38.1 Å². The summed E-state index contributed by atoms with van der Waals surface area (Å²) in [5, 5.41) is 3.33. The lowest BCUT2D eigenvalue weighted by atomic mass is 9.86. The molecule has 2 heteroatoms. The minimum Gasteiger partial charge on any atom is -0.319 e. The molecule has 1 unspecified atom stereocenters. The van der Waals surface area contributed by atoms with Gasteiger partial charge in [-0.05, 0) is 38.8 Å². The summed E-state index contributed by atoms with van der Waals surface area (Å²) in [5.41, 5.74) is 0.437. The SMILES string of the molecule is CCC(C)(CNC)CN(C)C1CCCC1. The summed E-state index contributed by atoms with van der Waals surface area (Å²) in [4.78, 5) is 2.59. The summed E-state index contributed by atoms with van der Waals surface area (Å²) >= 11 is 0. The maximum absolute atomic E-state index is 3.33. The van der Waals surface area contributed by atoms with Crippen molar-refractivity contribution < 1.29 is 0 Å². The molecule has 0 bridgehead atoms. The number of hydrogen-bond donors (Lipinski definition) is 1. The molecule has 1 aliphatic carbocycles. The van der Waals surface area contributed by atoms with Gasteiger partial charge in [0, 0.05) is 19.1 Å². The van der Waals surface area contributed by atoms with E-state index in [0.29, 0.717) is 5.41 Å². The standard InChI is InChI=1S/C13H28N2/c1-5-13(2,10-14-3)11-15(4)12-8-6-7-9-12/h12,14H,5-11H2,1-4H3. The van der Waals surface area contributed by atoms with Crippen LogP contribution >= 0.6 is 0 Å². The van der Waals surface area contributed by atoms with Crippen molar-refractivity contribution in [1.82, 2.24) is 10.2 Å². The molecule has 90 valence electrons. The first-order valence-corrected chi connectivity index (χ1v) is 6.46. The van der Waals surface area contributed by atoms with E-state index in [4.69, 9.17) is 0 Å². The van der Waals surface area contributed by atoms with E-state index in [-0.39, 0.29) is 0 Å². The molecule has 0 radical (unpaired) electrons. The van der Waals surface area contributed by atoms with Gasteiger partial charge in [-0.15, -0.1) is 0 Å². The quantitative estimate of drug-likeness (QED) is 0.728. The van der Waals surface area contributed by atoms with Crippen LogP contribution in [0, 0.1) is 5.41 Å². The third kappa shape index (κ3) is 3.76. The van der Waals surface area contributed by atoms with E-state index in [1.807, 2.05) is 0 Å². The molecule has 0 aromatic rings. The highest BCUT2D eigenvalue weighted by atomic mass is 15.1. The Morgan fingerprint density at radius 1 is 1.33 bits per heavy atom. The Labute approximate surface area is 95.4 Å². The van der Waals surface area contributed by atoms with Gasteiger partial charge in [0.1, 0.15) is 0 Å². The molecular weight excluding hydrogens is 184 g/mol.